The van der Waals surface area contributed by atoms with E-state index in [1.807, 2.05) is 29.9 Å². The second-order valence-corrected chi connectivity index (χ2v) is 5.36. The molecule has 0 radical (unpaired) electrons. The van der Waals surface area contributed by atoms with Crippen LogP contribution in [0.2, 0.25) is 0 Å². The van der Waals surface area contributed by atoms with Gasteiger partial charge in [0.05, 0.1) is 11.6 Å². The summed E-state index contributed by atoms with van der Waals surface area (Å²) in [6.07, 6.45) is 4.62. The van der Waals surface area contributed by atoms with Crippen LogP contribution in [0.25, 0.3) is 0 Å². The quantitative estimate of drug-likeness (QED) is 0.792. The summed E-state index contributed by atoms with van der Waals surface area (Å²) in [6, 6.07) is 3.71. The lowest BCUT2D eigenvalue weighted by Crippen LogP contribution is -2.18. The van der Waals surface area contributed by atoms with Gasteiger partial charge in [0.1, 0.15) is 5.82 Å². The maximum Gasteiger partial charge on any atom is 0.172 e. The Balaban J connectivity index is 1.88. The molecule has 0 amide bonds. The van der Waals surface area contributed by atoms with Gasteiger partial charge in [-0.2, -0.15) is 0 Å². The van der Waals surface area contributed by atoms with Crippen molar-refractivity contribution in [3.63, 3.8) is 0 Å². The molecule has 0 aliphatic heterocycles. The molecular weight excluding hydrogens is 322 g/mol. The average molecular weight is 340 g/mol. The van der Waals surface area contributed by atoms with Crippen molar-refractivity contribution in [1.29, 1.82) is 0 Å². The number of hydrogen-bond acceptors (Lipinski definition) is 4. The van der Waals surface area contributed by atoms with Gasteiger partial charge in [-0.3, -0.25) is 0 Å². The number of benzene rings is 1. The van der Waals surface area contributed by atoms with Gasteiger partial charge >= 0.3 is 0 Å². The number of imidazole rings is 1. The van der Waals surface area contributed by atoms with Crippen molar-refractivity contribution in [3.05, 3.63) is 40.4 Å². The summed E-state index contributed by atoms with van der Waals surface area (Å²) < 4.78 is 7.78. The molecule has 0 spiro atoms. The van der Waals surface area contributed by atoms with Gasteiger partial charge in [0.25, 0.3) is 0 Å². The number of nitrogens with one attached hydrogen (secondary N) is 1. The smallest absolute Gasteiger partial charge is 0.172 e. The third-order valence-electron chi connectivity index (χ3n) is 3.08. The fraction of sp³-hybridized carbons (Fsp3) is 0.357. The zero-order valence-electron chi connectivity index (χ0n) is 11.6. The predicted octanol–water partition coefficient (Wildman–Crippen LogP) is 2.23. The molecule has 0 bridgehead atoms. The molecule has 0 saturated carbocycles. The number of ether oxygens (including phenoxy) is 1. The van der Waals surface area contributed by atoms with E-state index in [0.29, 0.717) is 16.8 Å². The summed E-state index contributed by atoms with van der Waals surface area (Å²) in [7, 11) is 3.53. The summed E-state index contributed by atoms with van der Waals surface area (Å²) >= 11 is 3.32. The maximum absolute atomic E-state index is 9.75. The molecule has 2 aromatic rings. The van der Waals surface area contributed by atoms with Gasteiger partial charge in [0, 0.05) is 39.0 Å². The van der Waals surface area contributed by atoms with E-state index in [2.05, 4.69) is 26.2 Å². The third kappa shape index (κ3) is 3.52. The van der Waals surface area contributed by atoms with E-state index in [9.17, 15) is 5.11 Å². The number of aryl methyl sites for hydroxylation is 1. The van der Waals surface area contributed by atoms with Crippen LogP contribution in [-0.4, -0.2) is 28.3 Å². The monoisotopic (exact) mass is 339 g/mol. The topological polar surface area (TPSA) is 59.3 Å². The molecular formula is C14H18BrN3O2. The van der Waals surface area contributed by atoms with E-state index >= 15 is 0 Å². The molecule has 0 unspecified atom stereocenters. The van der Waals surface area contributed by atoms with E-state index in [1.165, 1.54) is 0 Å². The Kier molecular flexibility index (Phi) is 5.03. The van der Waals surface area contributed by atoms with Gasteiger partial charge in [-0.1, -0.05) is 0 Å². The van der Waals surface area contributed by atoms with Crippen LogP contribution in [0.5, 0.6) is 11.5 Å². The number of rotatable bonds is 6. The Bertz CT molecular complexity index is 584. The van der Waals surface area contributed by atoms with Gasteiger partial charge in [0.15, 0.2) is 11.5 Å². The normalized spacial score (nSPS) is 10.8. The summed E-state index contributed by atoms with van der Waals surface area (Å²) in [5, 5.41) is 13.1. The standard InChI is InChI=1S/C14H18BrN3O2/c1-18-6-5-17-13(18)3-4-16-9-10-7-11(15)14(19)12(8-10)20-2/h5-8,16,19H,3-4,9H2,1-2H3. The van der Waals surface area contributed by atoms with Crippen molar-refractivity contribution in [2.45, 2.75) is 13.0 Å². The van der Waals surface area contributed by atoms with Gasteiger partial charge in [-0.15, -0.1) is 0 Å². The highest BCUT2D eigenvalue weighted by Crippen LogP contribution is 2.35. The molecule has 2 rings (SSSR count). The highest BCUT2D eigenvalue weighted by Gasteiger charge is 2.08. The molecule has 0 saturated heterocycles. The Labute approximate surface area is 126 Å². The Morgan fingerprint density at radius 3 is 2.90 bits per heavy atom. The molecule has 0 aliphatic carbocycles. The summed E-state index contributed by atoms with van der Waals surface area (Å²) in [6.45, 7) is 1.55. The van der Waals surface area contributed by atoms with Crippen LogP contribution in [0, 0.1) is 0 Å². The largest absolute Gasteiger partial charge is 0.503 e. The molecule has 1 aromatic carbocycles. The van der Waals surface area contributed by atoms with E-state index in [4.69, 9.17) is 4.74 Å². The summed E-state index contributed by atoms with van der Waals surface area (Å²) in [5.74, 6) is 1.66. The summed E-state index contributed by atoms with van der Waals surface area (Å²) in [5.41, 5.74) is 1.05. The number of aromatic hydroxyl groups is 1. The second kappa shape index (κ2) is 6.76. The molecule has 5 nitrogen and oxygen atoms in total. The lowest BCUT2D eigenvalue weighted by molar-refractivity contribution is 0.371. The Morgan fingerprint density at radius 1 is 1.45 bits per heavy atom. The maximum atomic E-state index is 9.75. The highest BCUT2D eigenvalue weighted by atomic mass is 79.9. The minimum atomic E-state index is 0.129. The van der Waals surface area contributed by atoms with Crippen molar-refractivity contribution in [2.75, 3.05) is 13.7 Å². The number of aromatic nitrogens is 2. The zero-order valence-corrected chi connectivity index (χ0v) is 13.1. The first-order chi connectivity index (χ1) is 9.61. The van der Waals surface area contributed by atoms with Crippen LogP contribution < -0.4 is 10.1 Å². The van der Waals surface area contributed by atoms with E-state index in [1.54, 1.807) is 13.3 Å². The number of phenols is 1. The van der Waals surface area contributed by atoms with Crippen LogP contribution in [0.15, 0.2) is 29.0 Å². The fourth-order valence-electron chi connectivity index (χ4n) is 1.96. The van der Waals surface area contributed by atoms with Crippen molar-refractivity contribution in [3.8, 4) is 11.5 Å². The lowest BCUT2D eigenvalue weighted by atomic mass is 10.2. The van der Waals surface area contributed by atoms with Crippen LogP contribution >= 0.6 is 15.9 Å². The van der Waals surface area contributed by atoms with E-state index < -0.39 is 0 Å². The van der Waals surface area contributed by atoms with Crippen LogP contribution in [0.4, 0.5) is 0 Å². The van der Waals surface area contributed by atoms with Crippen molar-refractivity contribution in [2.24, 2.45) is 7.05 Å². The van der Waals surface area contributed by atoms with E-state index in [0.717, 1.165) is 24.4 Å². The molecule has 2 N–H and O–H groups in total. The Morgan fingerprint density at radius 2 is 2.25 bits per heavy atom. The van der Waals surface area contributed by atoms with Gasteiger partial charge in [-0.25, -0.2) is 4.98 Å². The first-order valence-corrected chi connectivity index (χ1v) is 7.13. The average Bonchev–Trinajstić information content (AvgIpc) is 2.84. The third-order valence-corrected chi connectivity index (χ3v) is 3.69. The minimum Gasteiger partial charge on any atom is -0.503 e. The molecule has 0 fully saturated rings. The van der Waals surface area contributed by atoms with Crippen LogP contribution in [0.3, 0.4) is 0 Å². The highest BCUT2D eigenvalue weighted by molar-refractivity contribution is 9.10. The van der Waals surface area contributed by atoms with Crippen molar-refractivity contribution in [1.82, 2.24) is 14.9 Å². The number of halogens is 1. The number of hydrogen-bond donors (Lipinski definition) is 2. The SMILES string of the molecule is COc1cc(CNCCc2nccn2C)cc(Br)c1O. The first kappa shape index (κ1) is 14.9. The molecule has 0 atom stereocenters. The molecule has 108 valence electrons. The van der Waals surface area contributed by atoms with Crippen LogP contribution in [0.1, 0.15) is 11.4 Å². The predicted molar refractivity (Wildman–Crippen MR) is 81.0 cm³/mol. The van der Waals surface area contributed by atoms with Crippen LogP contribution in [-0.2, 0) is 20.0 Å². The number of nitrogens with zero attached hydrogens (tertiary/aromatic N) is 2. The second-order valence-electron chi connectivity index (χ2n) is 4.51. The van der Waals surface area contributed by atoms with Gasteiger partial charge < -0.3 is 19.7 Å². The fourth-order valence-corrected chi connectivity index (χ4v) is 2.44. The zero-order chi connectivity index (χ0) is 14.5. The van der Waals surface area contributed by atoms with Crippen molar-refractivity contribution < 1.29 is 9.84 Å². The molecule has 6 heteroatoms. The van der Waals surface area contributed by atoms with E-state index in [-0.39, 0.29) is 5.75 Å². The first-order valence-electron chi connectivity index (χ1n) is 6.34. The summed E-state index contributed by atoms with van der Waals surface area (Å²) in [4.78, 5) is 4.28. The molecule has 0 aliphatic rings. The number of phenolic OH excluding ortho intramolecular Hbond substituents is 1. The molecule has 1 aromatic heterocycles. The lowest BCUT2D eigenvalue weighted by Gasteiger charge is -2.10. The number of methoxy groups -OCH3 is 1. The minimum absolute atomic E-state index is 0.129. The van der Waals surface area contributed by atoms with Crippen molar-refractivity contribution >= 4 is 15.9 Å². The van der Waals surface area contributed by atoms with Gasteiger partial charge in [0.2, 0.25) is 0 Å². The molecule has 1 heterocycles. The molecule has 20 heavy (non-hydrogen) atoms. The van der Waals surface area contributed by atoms with Gasteiger partial charge in [-0.05, 0) is 33.6 Å². The Hall–Kier alpha value is -1.53.